The molecule has 1 aromatic heterocycles. The number of hydrogen-bond donors (Lipinski definition) is 0. The van der Waals surface area contributed by atoms with Gasteiger partial charge in [0.25, 0.3) is 0 Å². The maximum absolute atomic E-state index is 12.3. The Morgan fingerprint density at radius 2 is 1.86 bits per heavy atom. The third-order valence-electron chi connectivity index (χ3n) is 4.34. The number of aryl methyl sites for hydroxylation is 1. The summed E-state index contributed by atoms with van der Waals surface area (Å²) in [5.41, 5.74) is 2.96. The molecule has 0 N–H and O–H groups in total. The molecule has 29 heavy (non-hydrogen) atoms. The van der Waals surface area contributed by atoms with Gasteiger partial charge in [-0.05, 0) is 31.2 Å². The Bertz CT molecular complexity index is 1020. The van der Waals surface area contributed by atoms with Crippen molar-refractivity contribution in [1.29, 1.82) is 5.26 Å². The lowest BCUT2D eigenvalue weighted by atomic mass is 10.1. The number of halogens is 1. The standard InChI is InChI=1S/C21H20ClN5OS/c1-15-4-6-16(7-5-15)20-24-25-21(27(20)18-10-8-17(22)9-11-18)29-14-19(28)26(2)13-3-12-23/h4-11H,3,13-14H2,1-2H3. The number of hydrogen-bond acceptors (Lipinski definition) is 5. The maximum Gasteiger partial charge on any atom is 0.232 e. The molecule has 2 aromatic carbocycles. The third kappa shape index (κ3) is 5.17. The van der Waals surface area contributed by atoms with Crippen LogP contribution in [0.2, 0.25) is 5.02 Å². The highest BCUT2D eigenvalue weighted by atomic mass is 35.5. The van der Waals surface area contributed by atoms with Crippen LogP contribution in [0.5, 0.6) is 0 Å². The zero-order chi connectivity index (χ0) is 20.8. The first-order valence-corrected chi connectivity index (χ1v) is 10.4. The van der Waals surface area contributed by atoms with E-state index in [1.54, 1.807) is 11.9 Å². The zero-order valence-electron chi connectivity index (χ0n) is 16.2. The molecule has 0 aliphatic heterocycles. The second-order valence-electron chi connectivity index (χ2n) is 6.50. The predicted octanol–water partition coefficient (Wildman–Crippen LogP) is 4.36. The summed E-state index contributed by atoms with van der Waals surface area (Å²) in [5.74, 6) is 0.842. The molecule has 0 saturated heterocycles. The Morgan fingerprint density at radius 1 is 1.17 bits per heavy atom. The van der Waals surface area contributed by atoms with E-state index in [9.17, 15) is 4.79 Å². The Balaban J connectivity index is 1.91. The van der Waals surface area contributed by atoms with Crippen LogP contribution in [0.4, 0.5) is 0 Å². The lowest BCUT2D eigenvalue weighted by molar-refractivity contribution is -0.127. The quantitative estimate of drug-likeness (QED) is 0.526. The summed E-state index contributed by atoms with van der Waals surface area (Å²) in [6.45, 7) is 2.44. The van der Waals surface area contributed by atoms with Crippen LogP contribution in [0.25, 0.3) is 17.1 Å². The summed E-state index contributed by atoms with van der Waals surface area (Å²) in [6.07, 6.45) is 0.311. The summed E-state index contributed by atoms with van der Waals surface area (Å²) in [5, 5.41) is 18.7. The number of benzene rings is 2. The van der Waals surface area contributed by atoms with Crippen LogP contribution in [0.1, 0.15) is 12.0 Å². The molecule has 0 aliphatic rings. The molecule has 8 heteroatoms. The zero-order valence-corrected chi connectivity index (χ0v) is 17.7. The summed E-state index contributed by atoms with van der Waals surface area (Å²) >= 11 is 7.36. The molecule has 0 unspecified atom stereocenters. The van der Waals surface area contributed by atoms with E-state index in [0.29, 0.717) is 29.0 Å². The highest BCUT2D eigenvalue weighted by Crippen LogP contribution is 2.29. The minimum absolute atomic E-state index is 0.0622. The van der Waals surface area contributed by atoms with Crippen molar-refractivity contribution in [1.82, 2.24) is 19.7 Å². The van der Waals surface area contributed by atoms with Crippen molar-refractivity contribution >= 4 is 29.3 Å². The van der Waals surface area contributed by atoms with Crippen molar-refractivity contribution in [2.75, 3.05) is 19.3 Å². The molecule has 0 radical (unpaired) electrons. The molecule has 0 fully saturated rings. The average Bonchev–Trinajstić information content (AvgIpc) is 3.15. The molecule has 1 heterocycles. The number of rotatable bonds is 7. The Morgan fingerprint density at radius 3 is 2.52 bits per heavy atom. The van der Waals surface area contributed by atoms with E-state index >= 15 is 0 Å². The molecule has 0 bridgehead atoms. The summed E-state index contributed by atoms with van der Waals surface area (Å²) < 4.78 is 1.92. The van der Waals surface area contributed by atoms with Crippen LogP contribution < -0.4 is 0 Å². The van der Waals surface area contributed by atoms with Gasteiger partial charge in [0.05, 0.1) is 18.2 Å². The second kappa shape index (κ2) is 9.59. The van der Waals surface area contributed by atoms with E-state index in [1.807, 2.05) is 66.1 Å². The Labute approximate surface area is 179 Å². The first kappa shape index (κ1) is 20.9. The molecular weight excluding hydrogens is 406 g/mol. The van der Waals surface area contributed by atoms with Crippen molar-refractivity contribution < 1.29 is 4.79 Å². The Hall–Kier alpha value is -2.82. The van der Waals surface area contributed by atoms with Crippen molar-refractivity contribution in [3.63, 3.8) is 0 Å². The lowest BCUT2D eigenvalue weighted by Gasteiger charge is -2.15. The van der Waals surface area contributed by atoms with Gasteiger partial charge in [0.1, 0.15) is 0 Å². The van der Waals surface area contributed by atoms with Crippen LogP contribution in [0.15, 0.2) is 53.7 Å². The molecule has 1 amide bonds. The maximum atomic E-state index is 12.3. The SMILES string of the molecule is Cc1ccc(-c2nnc(SCC(=O)N(C)CCC#N)n2-c2ccc(Cl)cc2)cc1. The highest BCUT2D eigenvalue weighted by molar-refractivity contribution is 7.99. The average molecular weight is 426 g/mol. The minimum Gasteiger partial charge on any atom is -0.344 e. The lowest BCUT2D eigenvalue weighted by Crippen LogP contribution is -2.29. The number of thioether (sulfide) groups is 1. The van der Waals surface area contributed by atoms with Gasteiger partial charge in [-0.25, -0.2) is 0 Å². The monoisotopic (exact) mass is 425 g/mol. The van der Waals surface area contributed by atoms with Crippen molar-refractivity contribution in [3.8, 4) is 23.1 Å². The number of carbonyl (C=O) groups is 1. The second-order valence-corrected chi connectivity index (χ2v) is 7.88. The Kier molecular flexibility index (Phi) is 6.91. The highest BCUT2D eigenvalue weighted by Gasteiger charge is 2.18. The van der Waals surface area contributed by atoms with Crippen molar-refractivity contribution in [2.24, 2.45) is 0 Å². The first-order chi connectivity index (χ1) is 14.0. The van der Waals surface area contributed by atoms with Gasteiger partial charge in [-0.15, -0.1) is 10.2 Å². The summed E-state index contributed by atoms with van der Waals surface area (Å²) in [7, 11) is 1.70. The van der Waals surface area contributed by atoms with Crippen molar-refractivity contribution in [3.05, 3.63) is 59.1 Å². The molecule has 0 spiro atoms. The van der Waals surface area contributed by atoms with Crippen LogP contribution in [-0.4, -0.2) is 44.9 Å². The molecule has 148 valence electrons. The predicted molar refractivity (Wildman–Crippen MR) is 115 cm³/mol. The van der Waals surface area contributed by atoms with E-state index in [-0.39, 0.29) is 11.7 Å². The summed E-state index contributed by atoms with van der Waals surface area (Å²) in [6, 6.07) is 17.5. The van der Waals surface area contributed by atoms with Crippen LogP contribution in [0.3, 0.4) is 0 Å². The van der Waals surface area contributed by atoms with Gasteiger partial charge < -0.3 is 4.90 Å². The van der Waals surface area contributed by atoms with Crippen LogP contribution in [-0.2, 0) is 4.79 Å². The number of nitriles is 1. The van der Waals surface area contributed by atoms with Crippen molar-refractivity contribution in [2.45, 2.75) is 18.5 Å². The number of aromatic nitrogens is 3. The number of carbonyl (C=O) groups excluding carboxylic acids is 1. The first-order valence-electron chi connectivity index (χ1n) is 9.01. The molecule has 0 atom stereocenters. The third-order valence-corrected chi connectivity index (χ3v) is 5.50. The van der Waals surface area contributed by atoms with Gasteiger partial charge in [-0.1, -0.05) is 53.2 Å². The smallest absolute Gasteiger partial charge is 0.232 e. The molecule has 6 nitrogen and oxygen atoms in total. The molecular formula is C21H20ClN5OS. The van der Waals surface area contributed by atoms with E-state index in [1.165, 1.54) is 11.8 Å². The minimum atomic E-state index is -0.0622. The van der Waals surface area contributed by atoms with Gasteiger partial charge in [0.2, 0.25) is 5.91 Å². The number of nitrogens with zero attached hydrogens (tertiary/aromatic N) is 5. The van der Waals surface area contributed by atoms with Crippen LogP contribution in [0, 0.1) is 18.3 Å². The summed E-state index contributed by atoms with van der Waals surface area (Å²) in [4.78, 5) is 13.9. The van der Waals surface area contributed by atoms with Gasteiger partial charge in [-0.2, -0.15) is 5.26 Å². The van der Waals surface area contributed by atoms with E-state index in [0.717, 1.165) is 16.8 Å². The van der Waals surface area contributed by atoms with Gasteiger partial charge in [-0.3, -0.25) is 9.36 Å². The van der Waals surface area contributed by atoms with Gasteiger partial charge >= 0.3 is 0 Å². The molecule has 3 aromatic rings. The normalized spacial score (nSPS) is 10.6. The van der Waals surface area contributed by atoms with Gasteiger partial charge in [0.15, 0.2) is 11.0 Å². The number of amides is 1. The molecule has 3 rings (SSSR count). The fourth-order valence-electron chi connectivity index (χ4n) is 2.65. The molecule has 0 saturated carbocycles. The largest absolute Gasteiger partial charge is 0.344 e. The topological polar surface area (TPSA) is 74.8 Å². The van der Waals surface area contributed by atoms with E-state index in [2.05, 4.69) is 10.2 Å². The van der Waals surface area contributed by atoms with Gasteiger partial charge in [0, 0.05) is 29.9 Å². The van der Waals surface area contributed by atoms with Crippen LogP contribution >= 0.6 is 23.4 Å². The fourth-order valence-corrected chi connectivity index (χ4v) is 3.67. The van der Waals surface area contributed by atoms with E-state index in [4.69, 9.17) is 16.9 Å². The fraction of sp³-hybridized carbons (Fsp3) is 0.238. The molecule has 0 aliphatic carbocycles. The van der Waals surface area contributed by atoms with E-state index < -0.39 is 0 Å².